The molecule has 94 valence electrons. The van der Waals surface area contributed by atoms with Crippen LogP contribution in [0.3, 0.4) is 0 Å². The predicted molar refractivity (Wildman–Crippen MR) is 68.3 cm³/mol. The lowest BCUT2D eigenvalue weighted by atomic mass is 9.97. The minimum absolute atomic E-state index is 0.297. The first-order chi connectivity index (χ1) is 7.74. The van der Waals surface area contributed by atoms with Gasteiger partial charge in [0.25, 0.3) is 0 Å². The molecule has 0 fully saturated rings. The van der Waals surface area contributed by atoms with Crippen LogP contribution in [0, 0.1) is 5.92 Å². The summed E-state index contributed by atoms with van der Waals surface area (Å²) in [5, 5.41) is 0. The Morgan fingerprint density at radius 2 is 1.94 bits per heavy atom. The van der Waals surface area contributed by atoms with Crippen molar-refractivity contribution in [2.75, 3.05) is 6.61 Å². The molecule has 0 heterocycles. The van der Waals surface area contributed by atoms with Gasteiger partial charge in [0.2, 0.25) is 0 Å². The highest BCUT2D eigenvalue weighted by molar-refractivity contribution is 5.81. The molecule has 0 spiro atoms. The Kier molecular flexibility index (Phi) is 10.2. The van der Waals surface area contributed by atoms with Gasteiger partial charge in [-0.1, -0.05) is 52.5 Å². The molecule has 0 aromatic carbocycles. The Hall–Kier alpha value is -0.790. The van der Waals surface area contributed by atoms with Gasteiger partial charge in [0.1, 0.15) is 0 Å². The lowest BCUT2D eigenvalue weighted by Crippen LogP contribution is -2.12. The van der Waals surface area contributed by atoms with E-state index in [4.69, 9.17) is 4.74 Å². The average molecular weight is 226 g/mol. The molecule has 0 aliphatic rings. The number of unbranched alkanes of at least 4 members (excludes halogenated alkanes) is 3. The van der Waals surface area contributed by atoms with Crippen LogP contribution >= 0.6 is 0 Å². The molecule has 2 nitrogen and oxygen atoms in total. The SMILES string of the molecule is C=CC(=O)OCC(CCC)CCCCCC. The number of rotatable bonds is 10. The van der Waals surface area contributed by atoms with Gasteiger partial charge in [0.05, 0.1) is 6.61 Å². The van der Waals surface area contributed by atoms with Crippen LogP contribution in [0.2, 0.25) is 0 Å². The second kappa shape index (κ2) is 10.7. The van der Waals surface area contributed by atoms with Gasteiger partial charge in [-0.15, -0.1) is 0 Å². The van der Waals surface area contributed by atoms with Gasteiger partial charge in [0, 0.05) is 6.08 Å². The van der Waals surface area contributed by atoms with Crippen molar-refractivity contribution in [1.82, 2.24) is 0 Å². The smallest absolute Gasteiger partial charge is 0.330 e. The van der Waals surface area contributed by atoms with Crippen LogP contribution in [0.25, 0.3) is 0 Å². The molecule has 0 radical (unpaired) electrons. The molecule has 0 rings (SSSR count). The summed E-state index contributed by atoms with van der Waals surface area (Å²) < 4.78 is 5.11. The van der Waals surface area contributed by atoms with Crippen LogP contribution < -0.4 is 0 Å². The molecular formula is C14H26O2. The number of ether oxygens (including phenoxy) is 1. The summed E-state index contributed by atoms with van der Waals surface area (Å²) in [6, 6.07) is 0. The number of hydrogen-bond acceptors (Lipinski definition) is 2. The van der Waals surface area contributed by atoms with Crippen molar-refractivity contribution < 1.29 is 9.53 Å². The molecule has 0 aromatic heterocycles. The van der Waals surface area contributed by atoms with Crippen LogP contribution in [0.5, 0.6) is 0 Å². The topological polar surface area (TPSA) is 26.3 Å². The van der Waals surface area contributed by atoms with E-state index < -0.39 is 0 Å². The standard InChI is InChI=1S/C14H26O2/c1-4-7-8-9-11-13(10-5-2)12-16-14(15)6-3/h6,13H,3-5,7-12H2,1-2H3. The van der Waals surface area contributed by atoms with E-state index >= 15 is 0 Å². The van der Waals surface area contributed by atoms with Crippen LogP contribution in [0.1, 0.15) is 58.8 Å². The van der Waals surface area contributed by atoms with Gasteiger partial charge >= 0.3 is 5.97 Å². The zero-order valence-corrected chi connectivity index (χ0v) is 10.8. The minimum Gasteiger partial charge on any atom is -0.462 e. The van der Waals surface area contributed by atoms with E-state index in [0.29, 0.717) is 12.5 Å². The number of hydrogen-bond donors (Lipinski definition) is 0. The third-order valence-electron chi connectivity index (χ3n) is 2.79. The fraction of sp³-hybridized carbons (Fsp3) is 0.786. The van der Waals surface area contributed by atoms with Crippen molar-refractivity contribution in [1.29, 1.82) is 0 Å². The molecule has 0 bridgehead atoms. The Morgan fingerprint density at radius 3 is 2.50 bits per heavy atom. The predicted octanol–water partition coefficient (Wildman–Crippen LogP) is 4.10. The van der Waals surface area contributed by atoms with E-state index in [1.165, 1.54) is 38.2 Å². The Bertz CT molecular complexity index is 187. The monoisotopic (exact) mass is 226 g/mol. The first-order valence-electron chi connectivity index (χ1n) is 6.53. The largest absolute Gasteiger partial charge is 0.462 e. The molecule has 0 aliphatic heterocycles. The zero-order valence-electron chi connectivity index (χ0n) is 10.8. The summed E-state index contributed by atoms with van der Waals surface area (Å²) in [5.41, 5.74) is 0. The first kappa shape index (κ1) is 15.2. The Morgan fingerprint density at radius 1 is 1.19 bits per heavy atom. The van der Waals surface area contributed by atoms with Gasteiger partial charge in [-0.25, -0.2) is 4.79 Å². The van der Waals surface area contributed by atoms with Gasteiger partial charge in [-0.3, -0.25) is 0 Å². The summed E-state index contributed by atoms with van der Waals surface area (Å²) in [6.45, 7) is 8.35. The fourth-order valence-electron chi connectivity index (χ4n) is 1.84. The molecule has 1 unspecified atom stereocenters. The highest BCUT2D eigenvalue weighted by Gasteiger charge is 2.09. The van der Waals surface area contributed by atoms with Crippen molar-refractivity contribution in [3.8, 4) is 0 Å². The normalized spacial score (nSPS) is 12.1. The molecule has 0 N–H and O–H groups in total. The quantitative estimate of drug-likeness (QED) is 0.318. The average Bonchev–Trinajstić information content (AvgIpc) is 2.30. The molecule has 2 heteroatoms. The maximum absolute atomic E-state index is 11.0. The van der Waals surface area contributed by atoms with Gasteiger partial charge in [0.15, 0.2) is 0 Å². The number of esters is 1. The Labute approximate surface area is 100 Å². The molecule has 0 amide bonds. The minimum atomic E-state index is -0.297. The van der Waals surface area contributed by atoms with E-state index in [0.717, 1.165) is 12.8 Å². The summed E-state index contributed by atoms with van der Waals surface area (Å²) in [6.07, 6.45) is 9.85. The van der Waals surface area contributed by atoms with E-state index in [-0.39, 0.29) is 5.97 Å². The third-order valence-corrected chi connectivity index (χ3v) is 2.79. The number of carbonyl (C=O) groups is 1. The van der Waals surface area contributed by atoms with Gasteiger partial charge < -0.3 is 4.74 Å². The zero-order chi connectivity index (χ0) is 12.2. The third kappa shape index (κ3) is 8.51. The molecule has 16 heavy (non-hydrogen) atoms. The lowest BCUT2D eigenvalue weighted by molar-refractivity contribution is -0.139. The molecule has 0 aromatic rings. The van der Waals surface area contributed by atoms with Crippen molar-refractivity contribution in [3.63, 3.8) is 0 Å². The molecule has 0 saturated heterocycles. The van der Waals surface area contributed by atoms with Crippen molar-refractivity contribution in [2.45, 2.75) is 58.8 Å². The molecule has 0 saturated carbocycles. The number of carbonyl (C=O) groups excluding carboxylic acids is 1. The summed E-state index contributed by atoms with van der Waals surface area (Å²) in [4.78, 5) is 11.0. The molecule has 0 aliphatic carbocycles. The molecule has 1 atom stereocenters. The van der Waals surface area contributed by atoms with Crippen LogP contribution in [0.15, 0.2) is 12.7 Å². The fourth-order valence-corrected chi connectivity index (χ4v) is 1.84. The second-order valence-electron chi connectivity index (χ2n) is 4.34. The molecular weight excluding hydrogens is 200 g/mol. The van der Waals surface area contributed by atoms with Crippen LogP contribution in [-0.4, -0.2) is 12.6 Å². The highest BCUT2D eigenvalue weighted by Crippen LogP contribution is 2.16. The van der Waals surface area contributed by atoms with Crippen molar-refractivity contribution >= 4 is 5.97 Å². The van der Waals surface area contributed by atoms with E-state index in [1.54, 1.807) is 0 Å². The maximum atomic E-state index is 11.0. The van der Waals surface area contributed by atoms with Crippen LogP contribution in [-0.2, 0) is 9.53 Å². The first-order valence-corrected chi connectivity index (χ1v) is 6.53. The lowest BCUT2D eigenvalue weighted by Gasteiger charge is -2.15. The second-order valence-corrected chi connectivity index (χ2v) is 4.34. The van der Waals surface area contributed by atoms with E-state index in [9.17, 15) is 4.79 Å². The summed E-state index contributed by atoms with van der Waals surface area (Å²) in [7, 11) is 0. The van der Waals surface area contributed by atoms with E-state index in [2.05, 4.69) is 20.4 Å². The summed E-state index contributed by atoms with van der Waals surface area (Å²) in [5.74, 6) is 0.236. The summed E-state index contributed by atoms with van der Waals surface area (Å²) >= 11 is 0. The highest BCUT2D eigenvalue weighted by atomic mass is 16.5. The van der Waals surface area contributed by atoms with Gasteiger partial charge in [-0.05, 0) is 18.8 Å². The maximum Gasteiger partial charge on any atom is 0.330 e. The Balaban J connectivity index is 3.69. The van der Waals surface area contributed by atoms with Gasteiger partial charge in [-0.2, -0.15) is 0 Å². The van der Waals surface area contributed by atoms with E-state index in [1.807, 2.05) is 0 Å². The van der Waals surface area contributed by atoms with Crippen molar-refractivity contribution in [2.24, 2.45) is 5.92 Å². The van der Waals surface area contributed by atoms with Crippen molar-refractivity contribution in [3.05, 3.63) is 12.7 Å². The van der Waals surface area contributed by atoms with Crippen LogP contribution in [0.4, 0.5) is 0 Å².